The van der Waals surface area contributed by atoms with Crippen LogP contribution in [0.2, 0.25) is 5.02 Å². The third-order valence-electron chi connectivity index (χ3n) is 6.30. The van der Waals surface area contributed by atoms with Crippen molar-refractivity contribution in [3.8, 4) is 34.1 Å². The third-order valence-corrected chi connectivity index (χ3v) is 6.59. The normalized spacial score (nSPS) is 14.6. The van der Waals surface area contributed by atoms with Crippen molar-refractivity contribution >= 4 is 28.7 Å². The standard InChI is InChI=1S/C27H27ClN4O3/c1-16(2)26(34)32-13-11-19(12-14-32)35-27-29-22-15-21(28)24(30-25(22)31-27)18-9-7-17(8-10-18)20-5-3-4-6-23(20)33/h3-10,15-16,19,33H,11-14H2,1-2H3,(H,29,30,31). The average Bonchev–Trinajstić information content (AvgIpc) is 3.25. The van der Waals surface area contributed by atoms with Gasteiger partial charge in [0.05, 0.1) is 16.2 Å². The summed E-state index contributed by atoms with van der Waals surface area (Å²) in [6.45, 7) is 5.22. The van der Waals surface area contributed by atoms with Crippen molar-refractivity contribution in [3.63, 3.8) is 0 Å². The summed E-state index contributed by atoms with van der Waals surface area (Å²) >= 11 is 6.56. The maximum Gasteiger partial charge on any atom is 0.296 e. The lowest BCUT2D eigenvalue weighted by Crippen LogP contribution is -2.43. The minimum absolute atomic E-state index is 0.00884. The monoisotopic (exact) mass is 490 g/mol. The number of aromatic nitrogens is 3. The van der Waals surface area contributed by atoms with Crippen LogP contribution in [0.4, 0.5) is 0 Å². The first kappa shape index (κ1) is 23.2. The zero-order valence-electron chi connectivity index (χ0n) is 19.7. The van der Waals surface area contributed by atoms with Gasteiger partial charge in [-0.15, -0.1) is 0 Å². The molecule has 7 nitrogen and oxygen atoms in total. The molecule has 3 heterocycles. The van der Waals surface area contributed by atoms with Gasteiger partial charge < -0.3 is 19.7 Å². The molecule has 2 aromatic carbocycles. The van der Waals surface area contributed by atoms with Crippen molar-refractivity contribution in [2.24, 2.45) is 5.92 Å². The lowest BCUT2D eigenvalue weighted by atomic mass is 10.0. The second-order valence-electron chi connectivity index (χ2n) is 9.12. The minimum atomic E-state index is -0.0105. The van der Waals surface area contributed by atoms with Gasteiger partial charge in [0.25, 0.3) is 6.01 Å². The van der Waals surface area contributed by atoms with Gasteiger partial charge in [-0.25, -0.2) is 4.98 Å². The number of imidazole rings is 1. The van der Waals surface area contributed by atoms with E-state index in [0.29, 0.717) is 41.0 Å². The summed E-state index contributed by atoms with van der Waals surface area (Å²) in [6, 6.07) is 17.2. The number of benzene rings is 2. The van der Waals surface area contributed by atoms with Crippen LogP contribution in [0.15, 0.2) is 54.6 Å². The molecule has 1 aliphatic heterocycles. The van der Waals surface area contributed by atoms with Crippen LogP contribution in [0.3, 0.4) is 0 Å². The Hall–Kier alpha value is -3.58. The summed E-state index contributed by atoms with van der Waals surface area (Å²) in [7, 11) is 0. The molecule has 1 fully saturated rings. The molecule has 1 amide bonds. The van der Waals surface area contributed by atoms with Crippen LogP contribution >= 0.6 is 11.6 Å². The number of H-pyrrole nitrogens is 1. The van der Waals surface area contributed by atoms with Crippen LogP contribution in [0, 0.1) is 5.92 Å². The molecule has 2 N–H and O–H groups in total. The number of hydrogen-bond donors (Lipinski definition) is 2. The van der Waals surface area contributed by atoms with E-state index in [4.69, 9.17) is 16.3 Å². The fourth-order valence-corrected chi connectivity index (χ4v) is 4.66. The maximum atomic E-state index is 12.2. The predicted octanol–water partition coefficient (Wildman–Crippen LogP) is 5.68. The molecule has 0 unspecified atom stereocenters. The summed E-state index contributed by atoms with van der Waals surface area (Å²) in [5, 5.41) is 10.6. The van der Waals surface area contributed by atoms with Gasteiger partial charge in [0.2, 0.25) is 5.91 Å². The summed E-state index contributed by atoms with van der Waals surface area (Å²) in [5.74, 6) is 0.431. The minimum Gasteiger partial charge on any atom is -0.507 e. The van der Waals surface area contributed by atoms with E-state index < -0.39 is 0 Å². The number of pyridine rings is 1. The second-order valence-corrected chi connectivity index (χ2v) is 9.53. The lowest BCUT2D eigenvalue weighted by molar-refractivity contribution is -0.136. The van der Waals surface area contributed by atoms with Crippen molar-refractivity contribution in [3.05, 3.63) is 59.6 Å². The number of phenols is 1. The molecule has 8 heteroatoms. The number of amides is 1. The molecule has 0 atom stereocenters. The van der Waals surface area contributed by atoms with Gasteiger partial charge in [0.15, 0.2) is 5.65 Å². The van der Waals surface area contributed by atoms with E-state index in [-0.39, 0.29) is 23.7 Å². The van der Waals surface area contributed by atoms with Crippen molar-refractivity contribution in [1.82, 2.24) is 19.9 Å². The number of ether oxygens (including phenoxy) is 1. The molecule has 2 aromatic heterocycles. The second kappa shape index (κ2) is 9.58. The van der Waals surface area contributed by atoms with E-state index in [1.807, 2.05) is 55.1 Å². The van der Waals surface area contributed by atoms with Crippen molar-refractivity contribution in [2.45, 2.75) is 32.8 Å². The molecule has 180 valence electrons. The highest BCUT2D eigenvalue weighted by atomic mass is 35.5. The first-order valence-corrected chi connectivity index (χ1v) is 12.2. The quantitative estimate of drug-likeness (QED) is 0.375. The number of aromatic hydroxyl groups is 1. The van der Waals surface area contributed by atoms with Crippen LogP contribution in [0.1, 0.15) is 26.7 Å². The van der Waals surface area contributed by atoms with Crippen LogP contribution in [0.25, 0.3) is 33.5 Å². The first-order chi connectivity index (χ1) is 16.9. The highest BCUT2D eigenvalue weighted by molar-refractivity contribution is 6.33. The number of nitrogens with zero attached hydrogens (tertiary/aromatic N) is 3. The number of aromatic amines is 1. The van der Waals surface area contributed by atoms with E-state index in [2.05, 4.69) is 15.0 Å². The summed E-state index contributed by atoms with van der Waals surface area (Å²) < 4.78 is 6.08. The molecule has 35 heavy (non-hydrogen) atoms. The number of carbonyl (C=O) groups excluding carboxylic acids is 1. The van der Waals surface area contributed by atoms with Gasteiger partial charge in [-0.3, -0.25) is 4.79 Å². The topological polar surface area (TPSA) is 91.3 Å². The predicted molar refractivity (Wildman–Crippen MR) is 137 cm³/mol. The first-order valence-electron chi connectivity index (χ1n) is 11.8. The van der Waals surface area contributed by atoms with E-state index in [1.54, 1.807) is 18.2 Å². The van der Waals surface area contributed by atoms with Crippen LogP contribution in [-0.2, 0) is 4.79 Å². The zero-order valence-corrected chi connectivity index (χ0v) is 20.4. The Kier molecular flexibility index (Phi) is 6.34. The molecule has 0 radical (unpaired) electrons. The van der Waals surface area contributed by atoms with Crippen LogP contribution < -0.4 is 4.74 Å². The lowest BCUT2D eigenvalue weighted by Gasteiger charge is -2.32. The van der Waals surface area contributed by atoms with Gasteiger partial charge in [-0.2, -0.15) is 4.98 Å². The maximum absolute atomic E-state index is 12.2. The van der Waals surface area contributed by atoms with Crippen LogP contribution in [0.5, 0.6) is 11.8 Å². The molecule has 4 aromatic rings. The number of rotatable bonds is 5. The Morgan fingerprint density at radius 1 is 1.09 bits per heavy atom. The van der Waals surface area contributed by atoms with E-state index in [0.717, 1.165) is 29.5 Å². The van der Waals surface area contributed by atoms with E-state index in [1.165, 1.54) is 0 Å². The summed E-state index contributed by atoms with van der Waals surface area (Å²) in [6.07, 6.45) is 1.51. The fraction of sp³-hybridized carbons (Fsp3) is 0.296. The number of likely N-dealkylation sites (tertiary alicyclic amines) is 1. The van der Waals surface area contributed by atoms with Crippen molar-refractivity contribution < 1.29 is 14.6 Å². The zero-order chi connectivity index (χ0) is 24.5. The average molecular weight is 491 g/mol. The van der Waals surface area contributed by atoms with E-state index >= 15 is 0 Å². The number of carbonyl (C=O) groups is 1. The number of piperidine rings is 1. The van der Waals surface area contributed by atoms with Gasteiger partial charge in [0.1, 0.15) is 11.9 Å². The van der Waals surface area contributed by atoms with Gasteiger partial charge in [-0.1, -0.05) is 67.9 Å². The van der Waals surface area contributed by atoms with Crippen molar-refractivity contribution in [1.29, 1.82) is 0 Å². The summed E-state index contributed by atoms with van der Waals surface area (Å²) in [5.41, 5.74) is 4.37. The number of hydrogen-bond acceptors (Lipinski definition) is 5. The molecule has 0 aliphatic carbocycles. The molecule has 0 saturated carbocycles. The number of para-hydroxylation sites is 1. The largest absolute Gasteiger partial charge is 0.507 e. The Morgan fingerprint density at radius 2 is 1.77 bits per heavy atom. The highest BCUT2D eigenvalue weighted by Crippen LogP contribution is 2.33. The van der Waals surface area contributed by atoms with Gasteiger partial charge in [-0.05, 0) is 17.7 Å². The van der Waals surface area contributed by atoms with E-state index in [9.17, 15) is 9.90 Å². The SMILES string of the molecule is CC(C)C(=O)N1CCC(Oc2nc3nc(-c4ccc(-c5ccccc5O)cc4)c(Cl)cc3[nH]2)CC1. The molecule has 1 saturated heterocycles. The highest BCUT2D eigenvalue weighted by Gasteiger charge is 2.26. The van der Waals surface area contributed by atoms with Crippen LogP contribution in [-0.4, -0.2) is 50.1 Å². The Balaban J connectivity index is 1.32. The van der Waals surface area contributed by atoms with Gasteiger partial charge >= 0.3 is 0 Å². The number of phenolic OH excluding ortho intramolecular Hbond substituents is 1. The Labute approximate surface area is 208 Å². The fourth-order valence-electron chi connectivity index (χ4n) is 4.40. The number of halogens is 1. The smallest absolute Gasteiger partial charge is 0.296 e. The number of fused-ring (bicyclic) bond motifs is 1. The molecular weight excluding hydrogens is 464 g/mol. The number of nitrogens with one attached hydrogen (secondary N) is 1. The third kappa shape index (κ3) is 4.82. The van der Waals surface area contributed by atoms with Crippen molar-refractivity contribution in [2.75, 3.05) is 13.1 Å². The Bertz CT molecular complexity index is 1360. The molecule has 5 rings (SSSR count). The molecular formula is C27H27ClN4O3. The summed E-state index contributed by atoms with van der Waals surface area (Å²) in [4.78, 5) is 26.5. The Morgan fingerprint density at radius 3 is 2.46 bits per heavy atom. The molecule has 0 spiro atoms. The molecule has 1 aliphatic rings. The molecule has 0 bridgehead atoms. The van der Waals surface area contributed by atoms with Gasteiger partial charge in [0, 0.05) is 43.0 Å².